The zero-order valence-corrected chi connectivity index (χ0v) is 11.8. The summed E-state index contributed by atoms with van der Waals surface area (Å²) in [6.45, 7) is 0.725. The van der Waals surface area contributed by atoms with E-state index in [1.165, 1.54) is 6.08 Å². The lowest BCUT2D eigenvalue weighted by atomic mass is 10.1. The van der Waals surface area contributed by atoms with Gasteiger partial charge in [-0.15, -0.1) is 0 Å². The first-order valence-electron chi connectivity index (χ1n) is 6.87. The summed E-state index contributed by atoms with van der Waals surface area (Å²) >= 11 is 0. The lowest BCUT2D eigenvalue weighted by Gasteiger charge is -2.06. The minimum absolute atomic E-state index is 0.548. The Morgan fingerprint density at radius 1 is 1.27 bits per heavy atom. The highest BCUT2D eigenvalue weighted by Crippen LogP contribution is 2.15. The number of benzene rings is 1. The predicted molar refractivity (Wildman–Crippen MR) is 84.2 cm³/mol. The largest absolute Gasteiger partial charge is 0.342 e. The minimum atomic E-state index is -0.548. The predicted octanol–water partition coefficient (Wildman–Crippen LogP) is 2.60. The summed E-state index contributed by atoms with van der Waals surface area (Å²) in [7, 11) is 0. The minimum Gasteiger partial charge on any atom is -0.342 e. The van der Waals surface area contributed by atoms with Gasteiger partial charge < -0.3 is 4.57 Å². The van der Waals surface area contributed by atoms with E-state index in [0.29, 0.717) is 0 Å². The maximum absolute atomic E-state index is 11.0. The molecule has 5 heteroatoms. The number of fused-ring (bicyclic) bond motifs is 1. The molecule has 0 unspecified atom stereocenters. The molecule has 2 heterocycles. The molecule has 5 nitrogen and oxygen atoms in total. The maximum Gasteiger partial charge on any atom is 0.267 e. The molecule has 0 radical (unpaired) electrons. The standard InChI is InChI=1S/C17H15N3O2/c21-17(19-22)7-6-13-3-1-4-14(11-13)12-20-10-8-15-16(20)5-2-9-18-15/h1-11,22H,12H2,(H,19,21)/b7-6+. The average Bonchev–Trinajstić information content (AvgIpc) is 2.96. The van der Waals surface area contributed by atoms with Crippen molar-refractivity contribution < 1.29 is 10.0 Å². The molecule has 1 aromatic carbocycles. The first-order chi connectivity index (χ1) is 10.8. The van der Waals surface area contributed by atoms with Gasteiger partial charge >= 0.3 is 0 Å². The summed E-state index contributed by atoms with van der Waals surface area (Å²) < 4.78 is 2.13. The third-order valence-corrected chi connectivity index (χ3v) is 3.38. The number of carbonyl (C=O) groups is 1. The van der Waals surface area contributed by atoms with Crippen LogP contribution >= 0.6 is 0 Å². The summed E-state index contributed by atoms with van der Waals surface area (Å²) in [6.07, 6.45) is 6.74. The molecule has 3 rings (SSSR count). The molecule has 0 aliphatic rings. The van der Waals surface area contributed by atoms with Gasteiger partial charge in [-0.3, -0.25) is 15.0 Å². The summed E-state index contributed by atoms with van der Waals surface area (Å²) in [4.78, 5) is 15.3. The molecule has 22 heavy (non-hydrogen) atoms. The maximum atomic E-state index is 11.0. The van der Waals surface area contributed by atoms with Gasteiger partial charge in [0.25, 0.3) is 5.91 Å². The van der Waals surface area contributed by atoms with Crippen LogP contribution in [0, 0.1) is 0 Å². The highest BCUT2D eigenvalue weighted by Gasteiger charge is 2.02. The topological polar surface area (TPSA) is 67.2 Å². The normalized spacial score (nSPS) is 11.1. The lowest BCUT2D eigenvalue weighted by molar-refractivity contribution is -0.124. The van der Waals surface area contributed by atoms with Crippen LogP contribution in [0.25, 0.3) is 17.1 Å². The molecule has 3 aromatic rings. The van der Waals surface area contributed by atoms with E-state index in [0.717, 1.165) is 28.7 Å². The Bertz CT molecular complexity index is 837. The van der Waals surface area contributed by atoms with Crippen molar-refractivity contribution >= 4 is 23.0 Å². The average molecular weight is 293 g/mol. The van der Waals surface area contributed by atoms with Crippen LogP contribution in [0.15, 0.2) is 60.9 Å². The molecule has 2 aromatic heterocycles. The highest BCUT2D eigenvalue weighted by molar-refractivity contribution is 5.90. The van der Waals surface area contributed by atoms with Gasteiger partial charge in [0, 0.05) is 25.0 Å². The molecule has 0 aliphatic carbocycles. The van der Waals surface area contributed by atoms with Gasteiger partial charge in [-0.1, -0.05) is 18.2 Å². The second-order valence-electron chi connectivity index (χ2n) is 4.91. The van der Waals surface area contributed by atoms with Crippen molar-refractivity contribution in [3.8, 4) is 0 Å². The van der Waals surface area contributed by atoms with E-state index in [-0.39, 0.29) is 0 Å². The Morgan fingerprint density at radius 2 is 2.18 bits per heavy atom. The Labute approximate surface area is 127 Å². The molecule has 0 fully saturated rings. The number of hydroxylamine groups is 1. The van der Waals surface area contributed by atoms with Gasteiger partial charge in [0.05, 0.1) is 11.0 Å². The van der Waals surface area contributed by atoms with Crippen molar-refractivity contribution in [1.82, 2.24) is 15.0 Å². The van der Waals surface area contributed by atoms with E-state index in [1.54, 1.807) is 17.8 Å². The van der Waals surface area contributed by atoms with Crippen LogP contribution in [-0.4, -0.2) is 20.7 Å². The van der Waals surface area contributed by atoms with Crippen LogP contribution in [0.5, 0.6) is 0 Å². The fraction of sp³-hybridized carbons (Fsp3) is 0.0588. The molecular weight excluding hydrogens is 278 g/mol. The number of nitrogens with one attached hydrogen (secondary N) is 1. The molecule has 110 valence electrons. The third kappa shape index (κ3) is 3.05. The smallest absolute Gasteiger partial charge is 0.267 e. The van der Waals surface area contributed by atoms with Gasteiger partial charge in [-0.2, -0.15) is 0 Å². The number of amides is 1. The van der Waals surface area contributed by atoms with Crippen molar-refractivity contribution in [3.63, 3.8) is 0 Å². The fourth-order valence-corrected chi connectivity index (χ4v) is 2.36. The van der Waals surface area contributed by atoms with E-state index >= 15 is 0 Å². The molecular formula is C17H15N3O2. The summed E-state index contributed by atoms with van der Waals surface area (Å²) in [5, 5.41) is 8.48. The SMILES string of the molecule is O=C(/C=C/c1cccc(Cn2ccc3ncccc32)c1)NO. The molecule has 0 saturated heterocycles. The van der Waals surface area contributed by atoms with Crippen LogP contribution < -0.4 is 5.48 Å². The number of pyridine rings is 1. The van der Waals surface area contributed by atoms with Crippen LogP contribution in [-0.2, 0) is 11.3 Å². The summed E-state index contributed by atoms with van der Waals surface area (Å²) in [5.41, 5.74) is 5.64. The molecule has 0 spiro atoms. The lowest BCUT2D eigenvalue weighted by Crippen LogP contribution is -2.14. The number of carbonyl (C=O) groups excluding carboxylic acids is 1. The number of hydrogen-bond acceptors (Lipinski definition) is 3. The Kier molecular flexibility index (Phi) is 3.98. The van der Waals surface area contributed by atoms with Crippen LogP contribution in [0.1, 0.15) is 11.1 Å². The van der Waals surface area contributed by atoms with Crippen molar-refractivity contribution in [2.75, 3.05) is 0 Å². The quantitative estimate of drug-likeness (QED) is 0.441. The van der Waals surface area contributed by atoms with E-state index in [4.69, 9.17) is 5.21 Å². The molecule has 0 saturated carbocycles. The van der Waals surface area contributed by atoms with Crippen LogP contribution in [0.3, 0.4) is 0 Å². The highest BCUT2D eigenvalue weighted by atomic mass is 16.5. The summed E-state index contributed by atoms with van der Waals surface area (Å²) in [5.74, 6) is -0.548. The van der Waals surface area contributed by atoms with Crippen LogP contribution in [0.4, 0.5) is 0 Å². The molecule has 2 N–H and O–H groups in total. The monoisotopic (exact) mass is 293 g/mol. The Hall–Kier alpha value is -2.92. The molecule has 0 aliphatic heterocycles. The van der Waals surface area contributed by atoms with Crippen molar-refractivity contribution in [2.45, 2.75) is 6.54 Å². The van der Waals surface area contributed by atoms with Gasteiger partial charge in [0.2, 0.25) is 0 Å². The van der Waals surface area contributed by atoms with Crippen molar-refractivity contribution in [1.29, 1.82) is 0 Å². The zero-order chi connectivity index (χ0) is 15.4. The zero-order valence-electron chi connectivity index (χ0n) is 11.8. The van der Waals surface area contributed by atoms with Crippen molar-refractivity contribution in [3.05, 3.63) is 72.1 Å². The van der Waals surface area contributed by atoms with Gasteiger partial charge in [0.15, 0.2) is 0 Å². The van der Waals surface area contributed by atoms with E-state index in [1.807, 2.05) is 48.7 Å². The van der Waals surface area contributed by atoms with Crippen molar-refractivity contribution in [2.24, 2.45) is 0 Å². The van der Waals surface area contributed by atoms with Gasteiger partial charge in [-0.05, 0) is 41.5 Å². The van der Waals surface area contributed by atoms with E-state index in [9.17, 15) is 4.79 Å². The molecule has 0 atom stereocenters. The third-order valence-electron chi connectivity index (χ3n) is 3.38. The first kappa shape index (κ1) is 14.0. The summed E-state index contributed by atoms with van der Waals surface area (Å²) in [6, 6.07) is 13.8. The Balaban J connectivity index is 1.84. The second-order valence-corrected chi connectivity index (χ2v) is 4.91. The number of nitrogens with zero attached hydrogens (tertiary/aromatic N) is 2. The first-order valence-corrected chi connectivity index (χ1v) is 6.87. The number of aromatic nitrogens is 2. The molecule has 0 bridgehead atoms. The van der Waals surface area contributed by atoms with Crippen LogP contribution in [0.2, 0.25) is 0 Å². The van der Waals surface area contributed by atoms with Gasteiger partial charge in [0.1, 0.15) is 0 Å². The number of hydrogen-bond donors (Lipinski definition) is 2. The number of rotatable bonds is 4. The fourth-order valence-electron chi connectivity index (χ4n) is 2.36. The molecule has 1 amide bonds. The van der Waals surface area contributed by atoms with E-state index < -0.39 is 5.91 Å². The Morgan fingerprint density at radius 3 is 3.05 bits per heavy atom. The second kappa shape index (κ2) is 6.24. The van der Waals surface area contributed by atoms with Gasteiger partial charge in [-0.25, -0.2) is 5.48 Å². The van der Waals surface area contributed by atoms with E-state index in [2.05, 4.69) is 9.55 Å².